The summed E-state index contributed by atoms with van der Waals surface area (Å²) >= 11 is 4.82. The SMILES string of the molecule is CC(C)C[C@H](NC(=O)[C@H](C)NC(=O)C[C@H](O)[C@H](COCc1ccc(Br)cc1)NC(=O)Cc1cccs1)C(N)=O. The fraction of sp³-hybridized carbons (Fsp3) is 0.481. The molecule has 0 spiro atoms. The second-order valence-electron chi connectivity index (χ2n) is 9.73. The molecule has 0 unspecified atom stereocenters. The Hall–Kier alpha value is -2.80. The number of aliphatic hydroxyl groups is 1. The van der Waals surface area contributed by atoms with Gasteiger partial charge in [-0.25, -0.2) is 0 Å². The largest absolute Gasteiger partial charge is 0.390 e. The highest BCUT2D eigenvalue weighted by Crippen LogP contribution is 2.13. The summed E-state index contributed by atoms with van der Waals surface area (Å²) in [6.45, 7) is 5.47. The van der Waals surface area contributed by atoms with Crippen molar-refractivity contribution >= 4 is 50.9 Å². The van der Waals surface area contributed by atoms with Gasteiger partial charge in [-0.1, -0.05) is 48.0 Å². The number of amides is 4. The maximum Gasteiger partial charge on any atom is 0.242 e. The molecule has 1 aromatic carbocycles. The van der Waals surface area contributed by atoms with Crippen molar-refractivity contribution < 1.29 is 29.0 Å². The molecule has 0 aliphatic heterocycles. The lowest BCUT2D eigenvalue weighted by molar-refractivity contribution is -0.132. The lowest BCUT2D eigenvalue weighted by Crippen LogP contribution is -2.53. The third-order valence-corrected chi connectivity index (χ3v) is 7.14. The second-order valence-corrected chi connectivity index (χ2v) is 11.7. The molecule has 12 heteroatoms. The van der Waals surface area contributed by atoms with Gasteiger partial charge in [0, 0.05) is 9.35 Å². The highest BCUT2D eigenvalue weighted by atomic mass is 79.9. The number of primary amides is 1. The predicted octanol–water partition coefficient (Wildman–Crippen LogP) is 2.03. The maximum atomic E-state index is 12.6. The van der Waals surface area contributed by atoms with Gasteiger partial charge in [0.2, 0.25) is 23.6 Å². The molecule has 0 aliphatic rings. The van der Waals surface area contributed by atoms with Crippen LogP contribution >= 0.6 is 27.3 Å². The first-order chi connectivity index (χ1) is 18.4. The topological polar surface area (TPSA) is 160 Å². The summed E-state index contributed by atoms with van der Waals surface area (Å²) in [7, 11) is 0. The van der Waals surface area contributed by atoms with Crippen LogP contribution in [0.3, 0.4) is 0 Å². The van der Waals surface area contributed by atoms with E-state index in [9.17, 15) is 24.3 Å². The number of hydrogen-bond acceptors (Lipinski definition) is 7. The van der Waals surface area contributed by atoms with E-state index in [4.69, 9.17) is 10.5 Å². The fourth-order valence-corrected chi connectivity index (χ4v) is 4.64. The van der Waals surface area contributed by atoms with Crippen LogP contribution < -0.4 is 21.7 Å². The van der Waals surface area contributed by atoms with Crippen LogP contribution in [-0.2, 0) is 36.9 Å². The lowest BCUT2D eigenvalue weighted by Gasteiger charge is -2.25. The van der Waals surface area contributed by atoms with Crippen molar-refractivity contribution in [3.63, 3.8) is 0 Å². The van der Waals surface area contributed by atoms with Crippen LogP contribution in [0, 0.1) is 5.92 Å². The third kappa shape index (κ3) is 12.3. The molecule has 1 aromatic heterocycles. The summed E-state index contributed by atoms with van der Waals surface area (Å²) in [4.78, 5) is 50.3. The molecule has 0 aliphatic carbocycles. The average Bonchev–Trinajstić information content (AvgIpc) is 3.36. The number of carbonyl (C=O) groups is 4. The molecule has 0 saturated heterocycles. The Morgan fingerprint density at radius 1 is 1.03 bits per heavy atom. The first-order valence-electron chi connectivity index (χ1n) is 12.7. The molecule has 10 nitrogen and oxygen atoms in total. The van der Waals surface area contributed by atoms with Crippen molar-refractivity contribution in [2.24, 2.45) is 11.7 Å². The number of rotatable bonds is 16. The van der Waals surface area contributed by atoms with Gasteiger partial charge in [-0.15, -0.1) is 11.3 Å². The number of aliphatic hydroxyl groups excluding tert-OH is 1. The smallest absolute Gasteiger partial charge is 0.242 e. The molecule has 0 bridgehead atoms. The first-order valence-corrected chi connectivity index (χ1v) is 14.3. The van der Waals surface area contributed by atoms with E-state index in [-0.39, 0.29) is 37.9 Å². The molecule has 39 heavy (non-hydrogen) atoms. The number of nitrogens with one attached hydrogen (secondary N) is 3. The van der Waals surface area contributed by atoms with Gasteiger partial charge in [0.1, 0.15) is 12.1 Å². The zero-order chi connectivity index (χ0) is 28.9. The summed E-state index contributed by atoms with van der Waals surface area (Å²) in [6.07, 6.45) is -1.16. The predicted molar refractivity (Wildman–Crippen MR) is 153 cm³/mol. The van der Waals surface area contributed by atoms with Gasteiger partial charge in [-0.05, 0) is 48.4 Å². The molecule has 2 aromatic rings. The number of carbonyl (C=O) groups excluding carboxylic acids is 4. The van der Waals surface area contributed by atoms with E-state index in [0.29, 0.717) is 6.42 Å². The van der Waals surface area contributed by atoms with Gasteiger partial charge in [0.05, 0.1) is 38.2 Å². The van der Waals surface area contributed by atoms with Crippen LogP contribution in [-0.4, -0.2) is 59.6 Å². The summed E-state index contributed by atoms with van der Waals surface area (Å²) in [5.41, 5.74) is 6.28. The molecule has 2 rings (SSSR count). The maximum absolute atomic E-state index is 12.6. The van der Waals surface area contributed by atoms with Crippen LogP contribution in [0.15, 0.2) is 46.3 Å². The van der Waals surface area contributed by atoms with Crippen LogP contribution in [0.5, 0.6) is 0 Å². The van der Waals surface area contributed by atoms with E-state index < -0.39 is 42.0 Å². The number of hydrogen-bond donors (Lipinski definition) is 5. The van der Waals surface area contributed by atoms with Crippen molar-refractivity contribution in [1.82, 2.24) is 16.0 Å². The van der Waals surface area contributed by atoms with Crippen LogP contribution in [0.1, 0.15) is 44.1 Å². The Balaban J connectivity index is 1.96. The Bertz CT molecular complexity index is 1080. The van der Waals surface area contributed by atoms with Gasteiger partial charge < -0.3 is 31.5 Å². The summed E-state index contributed by atoms with van der Waals surface area (Å²) in [6, 6.07) is 8.51. The monoisotopic (exact) mass is 624 g/mol. The van der Waals surface area contributed by atoms with Gasteiger partial charge in [0.25, 0.3) is 0 Å². The molecule has 1 heterocycles. The van der Waals surface area contributed by atoms with Gasteiger partial charge in [-0.2, -0.15) is 0 Å². The third-order valence-electron chi connectivity index (χ3n) is 5.74. The molecule has 4 atom stereocenters. The highest BCUT2D eigenvalue weighted by molar-refractivity contribution is 9.10. The van der Waals surface area contributed by atoms with Crippen LogP contribution in [0.2, 0.25) is 0 Å². The molecule has 4 amide bonds. The minimum Gasteiger partial charge on any atom is -0.390 e. The van der Waals surface area contributed by atoms with E-state index in [2.05, 4.69) is 31.9 Å². The minimum atomic E-state index is -1.28. The van der Waals surface area contributed by atoms with E-state index in [1.807, 2.05) is 55.6 Å². The zero-order valence-electron chi connectivity index (χ0n) is 22.3. The average molecular weight is 626 g/mol. The Morgan fingerprint density at radius 2 is 1.72 bits per heavy atom. The highest BCUT2D eigenvalue weighted by Gasteiger charge is 2.27. The molecule has 0 fully saturated rings. The second kappa shape index (κ2) is 16.3. The van der Waals surface area contributed by atoms with Gasteiger partial charge in [0.15, 0.2) is 0 Å². The number of benzene rings is 1. The summed E-state index contributed by atoms with van der Waals surface area (Å²) in [5.74, 6) is -2.02. The van der Waals surface area contributed by atoms with E-state index in [1.165, 1.54) is 18.3 Å². The van der Waals surface area contributed by atoms with E-state index >= 15 is 0 Å². The standard InChI is InChI=1S/C27H37BrN4O6S/c1-16(2)11-21(26(29)36)32-27(37)17(3)30-25(35)13-23(33)22(31-24(34)12-20-5-4-10-39-20)15-38-14-18-6-8-19(28)9-7-18/h4-10,16-17,21-23,33H,11-15H2,1-3H3,(H2,29,36)(H,30,35)(H,31,34)(H,32,37)/t17-,21-,22-,23-/m0/s1. The fourth-order valence-electron chi connectivity index (χ4n) is 3.68. The van der Waals surface area contributed by atoms with E-state index in [1.54, 1.807) is 0 Å². The molecule has 6 N–H and O–H groups in total. The normalized spacial score (nSPS) is 14.2. The van der Waals surface area contributed by atoms with Crippen molar-refractivity contribution in [2.45, 2.75) is 70.9 Å². The molecular formula is C27H37BrN4O6S. The van der Waals surface area contributed by atoms with Crippen LogP contribution in [0.25, 0.3) is 0 Å². The number of thiophene rings is 1. The lowest BCUT2D eigenvalue weighted by atomic mass is 10.0. The number of ether oxygens (including phenoxy) is 1. The van der Waals surface area contributed by atoms with Gasteiger partial charge in [-0.3, -0.25) is 19.2 Å². The minimum absolute atomic E-state index is 0.0355. The molecule has 214 valence electrons. The first kappa shape index (κ1) is 32.4. The van der Waals surface area contributed by atoms with Gasteiger partial charge >= 0.3 is 0 Å². The molecule has 0 radical (unpaired) electrons. The Kier molecular flexibility index (Phi) is 13.6. The van der Waals surface area contributed by atoms with Crippen molar-refractivity contribution in [2.75, 3.05) is 6.61 Å². The van der Waals surface area contributed by atoms with Crippen molar-refractivity contribution in [3.8, 4) is 0 Å². The molecular weight excluding hydrogens is 588 g/mol. The zero-order valence-corrected chi connectivity index (χ0v) is 24.7. The van der Waals surface area contributed by atoms with Crippen molar-refractivity contribution in [3.05, 3.63) is 56.7 Å². The Labute approximate surface area is 241 Å². The summed E-state index contributed by atoms with van der Waals surface area (Å²) < 4.78 is 6.68. The van der Waals surface area contributed by atoms with Crippen LogP contribution in [0.4, 0.5) is 0 Å². The number of halogens is 1. The number of nitrogens with two attached hydrogens (primary N) is 1. The quantitative estimate of drug-likeness (QED) is 0.192. The summed E-state index contributed by atoms with van der Waals surface area (Å²) in [5, 5.41) is 20.5. The van der Waals surface area contributed by atoms with Crippen molar-refractivity contribution in [1.29, 1.82) is 0 Å². The Morgan fingerprint density at radius 3 is 2.31 bits per heavy atom. The van der Waals surface area contributed by atoms with E-state index in [0.717, 1.165) is 14.9 Å². The molecule has 0 saturated carbocycles.